The minimum atomic E-state index is 0.328. The highest BCUT2D eigenvalue weighted by atomic mass is 35.5. The van der Waals surface area contributed by atoms with Gasteiger partial charge in [0.05, 0.1) is 19.1 Å². The maximum Gasteiger partial charge on any atom is 0.201 e. The van der Waals surface area contributed by atoms with Crippen molar-refractivity contribution in [3.8, 4) is 0 Å². The normalized spacial score (nSPS) is 19.5. The lowest BCUT2D eigenvalue weighted by Gasteiger charge is -2.38. The fourth-order valence-corrected chi connectivity index (χ4v) is 4.50. The largest absolute Gasteiger partial charge is 0.334 e. The van der Waals surface area contributed by atoms with Gasteiger partial charge in [-0.3, -0.25) is 4.90 Å². The summed E-state index contributed by atoms with van der Waals surface area (Å²) in [5.74, 6) is 0. The molecule has 0 radical (unpaired) electrons. The highest BCUT2D eigenvalue weighted by Crippen LogP contribution is 2.37. The molecule has 1 unspecified atom stereocenters. The van der Waals surface area contributed by atoms with Crippen molar-refractivity contribution < 1.29 is 4.90 Å². The van der Waals surface area contributed by atoms with Crippen molar-refractivity contribution in [3.05, 3.63) is 71.4 Å². The van der Waals surface area contributed by atoms with Gasteiger partial charge in [0.25, 0.3) is 0 Å². The summed E-state index contributed by atoms with van der Waals surface area (Å²) in [6, 6.07) is 21.8. The molecule has 0 aliphatic heterocycles. The molecule has 0 aromatic heterocycles. The van der Waals surface area contributed by atoms with Crippen LogP contribution in [0.4, 0.5) is 11.4 Å². The third-order valence-electron chi connectivity index (χ3n) is 5.40. The molecule has 1 N–H and O–H groups in total. The molecule has 138 valence electrons. The summed E-state index contributed by atoms with van der Waals surface area (Å²) in [5, 5.41) is 1.04. The summed E-state index contributed by atoms with van der Waals surface area (Å²) >= 11 is 6.96. The molecule has 2 nitrogen and oxygen atoms in total. The summed E-state index contributed by atoms with van der Waals surface area (Å²) in [6.07, 6.45) is 4.74. The van der Waals surface area contributed by atoms with E-state index in [0.717, 1.165) is 31.1 Å². The third kappa shape index (κ3) is 4.13. The molecular weight excluding hydrogens is 340 g/mol. The minimum absolute atomic E-state index is 0.328. The van der Waals surface area contributed by atoms with Crippen LogP contribution >= 0.6 is 11.6 Å². The second-order valence-electron chi connectivity index (χ2n) is 6.95. The van der Waals surface area contributed by atoms with Gasteiger partial charge in [-0.1, -0.05) is 42.8 Å². The maximum atomic E-state index is 6.96. The SMILES string of the molecule is CC[NH+](CC)/C(Cl)=C1\CCCCC1N(c1ccccc1)c1ccccc1. The van der Waals surface area contributed by atoms with Crippen molar-refractivity contribution in [1.82, 2.24) is 0 Å². The van der Waals surface area contributed by atoms with Crippen LogP contribution in [0.25, 0.3) is 0 Å². The van der Waals surface area contributed by atoms with Crippen LogP contribution in [0.2, 0.25) is 0 Å². The number of nitrogens with one attached hydrogen (secondary N) is 1. The Morgan fingerprint density at radius 2 is 1.46 bits per heavy atom. The predicted octanol–water partition coefficient (Wildman–Crippen LogP) is 5.14. The van der Waals surface area contributed by atoms with Crippen molar-refractivity contribution in [3.63, 3.8) is 0 Å². The number of hydrogen-bond acceptors (Lipinski definition) is 1. The van der Waals surface area contributed by atoms with Crippen molar-refractivity contribution in [2.75, 3.05) is 18.0 Å². The Bertz CT molecular complexity index is 668. The Morgan fingerprint density at radius 1 is 0.923 bits per heavy atom. The fourth-order valence-electron chi connectivity index (χ4n) is 4.01. The number of rotatable bonds is 6. The number of anilines is 2. The van der Waals surface area contributed by atoms with Crippen molar-refractivity contribution in [2.45, 2.75) is 45.6 Å². The molecule has 0 spiro atoms. The Balaban J connectivity index is 2.08. The van der Waals surface area contributed by atoms with E-state index in [0.29, 0.717) is 6.04 Å². The molecule has 1 saturated carbocycles. The highest BCUT2D eigenvalue weighted by molar-refractivity contribution is 6.28. The van der Waals surface area contributed by atoms with Gasteiger partial charge in [0.15, 0.2) is 0 Å². The number of para-hydroxylation sites is 2. The average molecular weight is 370 g/mol. The summed E-state index contributed by atoms with van der Waals surface area (Å²) < 4.78 is 0. The zero-order valence-electron chi connectivity index (χ0n) is 15.9. The van der Waals surface area contributed by atoms with E-state index < -0.39 is 0 Å². The molecule has 2 aromatic rings. The molecule has 1 fully saturated rings. The van der Waals surface area contributed by atoms with Gasteiger partial charge in [0.1, 0.15) is 0 Å². The van der Waals surface area contributed by atoms with Crippen LogP contribution < -0.4 is 9.80 Å². The second kappa shape index (κ2) is 9.25. The number of benzene rings is 2. The minimum Gasteiger partial charge on any atom is -0.334 e. The summed E-state index contributed by atoms with van der Waals surface area (Å²) in [5.41, 5.74) is 3.90. The molecule has 3 heteroatoms. The molecule has 0 bridgehead atoms. The lowest BCUT2D eigenvalue weighted by Crippen LogP contribution is -3.09. The zero-order valence-corrected chi connectivity index (χ0v) is 16.7. The van der Waals surface area contributed by atoms with E-state index >= 15 is 0 Å². The van der Waals surface area contributed by atoms with Crippen LogP contribution in [0.5, 0.6) is 0 Å². The summed E-state index contributed by atoms with van der Waals surface area (Å²) in [7, 11) is 0. The lowest BCUT2D eigenvalue weighted by atomic mass is 9.88. The van der Waals surface area contributed by atoms with Gasteiger partial charge in [-0.25, -0.2) is 0 Å². The zero-order chi connectivity index (χ0) is 18.4. The second-order valence-corrected chi connectivity index (χ2v) is 7.33. The lowest BCUT2D eigenvalue weighted by molar-refractivity contribution is -0.850. The molecule has 0 amide bonds. The molecule has 2 aromatic carbocycles. The molecular formula is C23H30ClN2+. The van der Waals surface area contributed by atoms with Crippen molar-refractivity contribution >= 4 is 23.0 Å². The molecule has 3 rings (SSSR count). The summed E-state index contributed by atoms with van der Waals surface area (Å²) in [6.45, 7) is 6.49. The molecule has 1 aliphatic carbocycles. The first kappa shape index (κ1) is 19.0. The highest BCUT2D eigenvalue weighted by Gasteiger charge is 2.31. The van der Waals surface area contributed by atoms with Gasteiger partial charge in [-0.2, -0.15) is 0 Å². The van der Waals surface area contributed by atoms with Crippen LogP contribution in [-0.2, 0) is 0 Å². The molecule has 0 heterocycles. The van der Waals surface area contributed by atoms with Crippen molar-refractivity contribution in [1.29, 1.82) is 0 Å². The van der Waals surface area contributed by atoms with Gasteiger partial charge < -0.3 is 4.90 Å². The molecule has 1 aliphatic rings. The Kier molecular flexibility index (Phi) is 6.76. The number of halogens is 1. The van der Waals surface area contributed by atoms with E-state index in [2.05, 4.69) is 79.4 Å². The Labute approximate surface area is 163 Å². The van der Waals surface area contributed by atoms with E-state index in [1.54, 1.807) is 0 Å². The monoisotopic (exact) mass is 369 g/mol. The predicted molar refractivity (Wildman–Crippen MR) is 112 cm³/mol. The third-order valence-corrected chi connectivity index (χ3v) is 5.91. The van der Waals surface area contributed by atoms with E-state index in [-0.39, 0.29) is 0 Å². The maximum absolute atomic E-state index is 6.96. The first-order valence-corrected chi connectivity index (χ1v) is 10.3. The Hall–Kier alpha value is -1.77. The van der Waals surface area contributed by atoms with Crippen LogP contribution in [0, 0.1) is 0 Å². The van der Waals surface area contributed by atoms with Gasteiger partial charge >= 0.3 is 0 Å². The van der Waals surface area contributed by atoms with Crippen LogP contribution in [0.15, 0.2) is 71.4 Å². The fraction of sp³-hybridized carbons (Fsp3) is 0.391. The van der Waals surface area contributed by atoms with E-state index in [4.69, 9.17) is 11.6 Å². The van der Waals surface area contributed by atoms with Crippen LogP contribution in [0.3, 0.4) is 0 Å². The molecule has 1 atom stereocenters. The molecule has 0 saturated heterocycles. The van der Waals surface area contributed by atoms with Gasteiger partial charge in [0, 0.05) is 16.9 Å². The van der Waals surface area contributed by atoms with Crippen LogP contribution in [0.1, 0.15) is 39.5 Å². The number of hydrogen-bond donors (Lipinski definition) is 1. The number of nitrogens with zero attached hydrogens (tertiary/aromatic N) is 1. The van der Waals surface area contributed by atoms with Gasteiger partial charge in [0.2, 0.25) is 5.16 Å². The van der Waals surface area contributed by atoms with Gasteiger partial charge in [-0.15, -0.1) is 0 Å². The smallest absolute Gasteiger partial charge is 0.201 e. The average Bonchev–Trinajstić information content (AvgIpc) is 2.71. The van der Waals surface area contributed by atoms with E-state index in [1.165, 1.54) is 34.7 Å². The molecule has 26 heavy (non-hydrogen) atoms. The standard InChI is InChI=1S/C23H29ClN2/c1-3-25(4-2)23(24)21-17-11-12-18-22(21)26(19-13-7-5-8-14-19)20-15-9-6-10-16-20/h5-10,13-16,22H,3-4,11-12,17-18H2,1-2H3/p+1/b23-21+. The Morgan fingerprint density at radius 3 is 1.96 bits per heavy atom. The van der Waals surface area contributed by atoms with E-state index in [1.807, 2.05) is 0 Å². The summed E-state index contributed by atoms with van der Waals surface area (Å²) in [4.78, 5) is 3.87. The first-order valence-electron chi connectivity index (χ1n) is 9.89. The van der Waals surface area contributed by atoms with E-state index in [9.17, 15) is 0 Å². The quantitative estimate of drug-likeness (QED) is 0.692. The topological polar surface area (TPSA) is 7.68 Å². The van der Waals surface area contributed by atoms with Crippen molar-refractivity contribution in [2.24, 2.45) is 0 Å². The first-order chi connectivity index (χ1) is 12.8. The van der Waals surface area contributed by atoms with Gasteiger partial charge in [-0.05, 0) is 69.0 Å². The van der Waals surface area contributed by atoms with Crippen LogP contribution in [-0.4, -0.2) is 19.1 Å². The number of quaternary nitrogens is 1.